The van der Waals surface area contributed by atoms with Crippen molar-refractivity contribution in [1.82, 2.24) is 10.3 Å². The van der Waals surface area contributed by atoms with E-state index in [1.807, 2.05) is 6.92 Å². The SMILES string of the molecule is C/C=C(/Cl)C(=Nc1ccc[nH]c1=O)N/C(Cl)=C/CC. The minimum absolute atomic E-state index is 0.256. The van der Waals surface area contributed by atoms with Crippen LogP contribution in [0.1, 0.15) is 20.3 Å². The average molecular weight is 300 g/mol. The Morgan fingerprint density at radius 3 is 2.84 bits per heavy atom. The third-order valence-electron chi connectivity index (χ3n) is 2.13. The summed E-state index contributed by atoms with van der Waals surface area (Å²) < 4.78 is 0. The van der Waals surface area contributed by atoms with E-state index in [4.69, 9.17) is 23.2 Å². The van der Waals surface area contributed by atoms with Gasteiger partial charge in [-0.15, -0.1) is 0 Å². The van der Waals surface area contributed by atoms with Crippen LogP contribution in [-0.4, -0.2) is 10.8 Å². The molecule has 0 aliphatic heterocycles. The summed E-state index contributed by atoms with van der Waals surface area (Å²) in [4.78, 5) is 18.3. The second-order valence-electron chi connectivity index (χ2n) is 3.57. The number of hydrogen-bond acceptors (Lipinski definition) is 2. The number of nitrogens with one attached hydrogen (secondary N) is 2. The predicted octanol–water partition coefficient (Wildman–Crippen LogP) is 3.63. The van der Waals surface area contributed by atoms with E-state index < -0.39 is 0 Å². The third kappa shape index (κ3) is 4.93. The number of halogens is 2. The summed E-state index contributed by atoms with van der Waals surface area (Å²) >= 11 is 12.0. The van der Waals surface area contributed by atoms with Gasteiger partial charge in [-0.05, 0) is 31.6 Å². The first-order valence-corrected chi connectivity index (χ1v) is 6.55. The zero-order valence-electron chi connectivity index (χ0n) is 10.7. The van der Waals surface area contributed by atoms with Crippen LogP contribution in [0, 0.1) is 0 Å². The highest BCUT2D eigenvalue weighted by molar-refractivity contribution is 6.44. The Bertz CT molecular complexity index is 573. The number of H-pyrrole nitrogens is 1. The first kappa shape index (κ1) is 15.5. The zero-order chi connectivity index (χ0) is 14.3. The van der Waals surface area contributed by atoms with E-state index in [0.717, 1.165) is 6.42 Å². The van der Waals surface area contributed by atoms with Crippen LogP contribution in [0.5, 0.6) is 0 Å². The van der Waals surface area contributed by atoms with Gasteiger partial charge in [0.1, 0.15) is 16.7 Å². The lowest BCUT2D eigenvalue weighted by Crippen LogP contribution is -2.21. The quantitative estimate of drug-likeness (QED) is 0.507. The summed E-state index contributed by atoms with van der Waals surface area (Å²) in [6, 6.07) is 3.28. The molecule has 0 saturated heterocycles. The van der Waals surface area contributed by atoms with Crippen molar-refractivity contribution in [2.24, 2.45) is 4.99 Å². The lowest BCUT2D eigenvalue weighted by Gasteiger charge is -2.07. The molecule has 2 N–H and O–H groups in total. The molecular weight excluding hydrogens is 285 g/mol. The second-order valence-corrected chi connectivity index (χ2v) is 4.38. The number of aromatic amines is 1. The molecule has 1 aromatic rings. The molecule has 0 fully saturated rings. The van der Waals surface area contributed by atoms with Gasteiger partial charge in [0.2, 0.25) is 0 Å². The molecule has 0 atom stereocenters. The fourth-order valence-electron chi connectivity index (χ4n) is 1.24. The Balaban J connectivity index is 3.15. The fourth-order valence-corrected chi connectivity index (χ4v) is 1.58. The molecule has 0 radical (unpaired) electrons. The van der Waals surface area contributed by atoms with Crippen molar-refractivity contribution < 1.29 is 0 Å². The third-order valence-corrected chi connectivity index (χ3v) is 2.78. The summed E-state index contributed by atoms with van der Waals surface area (Å²) in [6.45, 7) is 3.73. The Morgan fingerprint density at radius 1 is 1.53 bits per heavy atom. The minimum Gasteiger partial charge on any atom is -0.330 e. The first-order chi connectivity index (χ1) is 9.08. The molecule has 1 rings (SSSR count). The molecule has 0 bridgehead atoms. The number of aliphatic imine (C=N–C) groups is 1. The summed E-state index contributed by atoms with van der Waals surface area (Å²) in [6.07, 6.45) is 5.76. The maximum atomic E-state index is 11.6. The number of nitrogens with zero attached hydrogens (tertiary/aromatic N) is 1. The molecule has 102 valence electrons. The van der Waals surface area contributed by atoms with E-state index in [1.165, 1.54) is 6.20 Å². The van der Waals surface area contributed by atoms with Gasteiger partial charge < -0.3 is 10.3 Å². The maximum absolute atomic E-state index is 11.6. The molecule has 0 aromatic carbocycles. The molecule has 1 heterocycles. The monoisotopic (exact) mass is 299 g/mol. The maximum Gasteiger partial charge on any atom is 0.273 e. The van der Waals surface area contributed by atoms with Crippen LogP contribution in [0.3, 0.4) is 0 Å². The van der Waals surface area contributed by atoms with E-state index in [1.54, 1.807) is 31.2 Å². The van der Waals surface area contributed by atoms with Crippen molar-refractivity contribution in [2.75, 3.05) is 0 Å². The number of hydrogen-bond donors (Lipinski definition) is 2. The fraction of sp³-hybridized carbons (Fsp3) is 0.231. The van der Waals surface area contributed by atoms with Gasteiger partial charge in [0.05, 0.1) is 5.03 Å². The Hall–Kier alpha value is -1.52. The molecule has 0 unspecified atom stereocenters. The Kier molecular flexibility index (Phi) is 6.39. The van der Waals surface area contributed by atoms with Crippen LogP contribution >= 0.6 is 23.2 Å². The minimum atomic E-state index is -0.294. The normalized spacial score (nSPS) is 13.6. The number of rotatable bonds is 4. The zero-order valence-corrected chi connectivity index (χ0v) is 12.2. The number of aromatic nitrogens is 1. The highest BCUT2D eigenvalue weighted by Crippen LogP contribution is 2.11. The average Bonchev–Trinajstić information content (AvgIpc) is 2.39. The largest absolute Gasteiger partial charge is 0.330 e. The van der Waals surface area contributed by atoms with Crippen LogP contribution in [-0.2, 0) is 0 Å². The van der Waals surface area contributed by atoms with Gasteiger partial charge in [0.15, 0.2) is 0 Å². The highest BCUT2D eigenvalue weighted by atomic mass is 35.5. The molecular formula is C13H15Cl2N3O. The van der Waals surface area contributed by atoms with Crippen LogP contribution in [0.15, 0.2) is 50.5 Å². The summed E-state index contributed by atoms with van der Waals surface area (Å²) in [5, 5.41) is 3.66. The molecule has 4 nitrogen and oxygen atoms in total. The molecule has 19 heavy (non-hydrogen) atoms. The van der Waals surface area contributed by atoms with E-state index in [9.17, 15) is 4.79 Å². The van der Waals surface area contributed by atoms with E-state index in [-0.39, 0.29) is 11.2 Å². The molecule has 0 saturated carbocycles. The number of pyridine rings is 1. The highest BCUT2D eigenvalue weighted by Gasteiger charge is 2.06. The molecule has 0 amide bonds. The van der Waals surface area contributed by atoms with Crippen LogP contribution in [0.25, 0.3) is 0 Å². The van der Waals surface area contributed by atoms with Gasteiger partial charge in [-0.1, -0.05) is 36.2 Å². The van der Waals surface area contributed by atoms with Gasteiger partial charge in [-0.3, -0.25) is 4.79 Å². The number of allylic oxidation sites excluding steroid dienone is 2. The van der Waals surface area contributed by atoms with E-state index in [0.29, 0.717) is 16.0 Å². The van der Waals surface area contributed by atoms with Crippen molar-refractivity contribution in [3.8, 4) is 0 Å². The smallest absolute Gasteiger partial charge is 0.273 e. The predicted molar refractivity (Wildman–Crippen MR) is 81.1 cm³/mol. The summed E-state index contributed by atoms with van der Waals surface area (Å²) in [5.41, 5.74) is -0.0380. The van der Waals surface area contributed by atoms with Crippen molar-refractivity contribution in [1.29, 1.82) is 0 Å². The van der Waals surface area contributed by atoms with Crippen LogP contribution in [0.4, 0.5) is 5.69 Å². The Morgan fingerprint density at radius 2 is 2.26 bits per heavy atom. The summed E-state index contributed by atoms with van der Waals surface area (Å²) in [7, 11) is 0. The topological polar surface area (TPSA) is 57.2 Å². The van der Waals surface area contributed by atoms with Gasteiger partial charge >= 0.3 is 0 Å². The van der Waals surface area contributed by atoms with Crippen molar-refractivity contribution >= 4 is 34.7 Å². The molecule has 0 aliphatic carbocycles. The lowest BCUT2D eigenvalue weighted by molar-refractivity contribution is 1.14. The molecule has 0 aliphatic rings. The van der Waals surface area contributed by atoms with Crippen LogP contribution in [0.2, 0.25) is 0 Å². The van der Waals surface area contributed by atoms with Gasteiger partial charge in [-0.25, -0.2) is 4.99 Å². The number of amidine groups is 1. The van der Waals surface area contributed by atoms with E-state index in [2.05, 4.69) is 15.3 Å². The summed E-state index contributed by atoms with van der Waals surface area (Å²) in [5.74, 6) is 0.329. The Labute approximate surface area is 121 Å². The first-order valence-electron chi connectivity index (χ1n) is 5.79. The second kappa shape index (κ2) is 7.81. The lowest BCUT2D eigenvalue weighted by atomic mass is 10.4. The van der Waals surface area contributed by atoms with Crippen molar-refractivity contribution in [2.45, 2.75) is 20.3 Å². The van der Waals surface area contributed by atoms with Gasteiger partial charge in [-0.2, -0.15) is 0 Å². The standard InChI is InChI=1S/C13H15Cl2N3O/c1-3-6-11(15)18-12(9(14)4-2)17-10-7-5-8-16-13(10)19/h4-8H,3H2,1-2H3,(H,16,19)(H,17,18)/b9-4+,11-6+. The van der Waals surface area contributed by atoms with Crippen molar-refractivity contribution in [3.05, 3.63) is 51.0 Å². The van der Waals surface area contributed by atoms with Gasteiger partial charge in [0.25, 0.3) is 5.56 Å². The molecule has 1 aromatic heterocycles. The van der Waals surface area contributed by atoms with Crippen LogP contribution < -0.4 is 10.9 Å². The molecule has 0 spiro atoms. The van der Waals surface area contributed by atoms with Crippen molar-refractivity contribution in [3.63, 3.8) is 0 Å². The van der Waals surface area contributed by atoms with E-state index >= 15 is 0 Å². The van der Waals surface area contributed by atoms with Gasteiger partial charge in [0, 0.05) is 6.20 Å². The molecule has 6 heteroatoms.